The molecule has 0 radical (unpaired) electrons. The molecule has 2 aromatic rings. The second-order valence-electron chi connectivity index (χ2n) is 5.96. The van der Waals surface area contributed by atoms with E-state index in [0.29, 0.717) is 31.6 Å². The Morgan fingerprint density at radius 3 is 2.68 bits per heavy atom. The van der Waals surface area contributed by atoms with Gasteiger partial charge in [0.05, 0.1) is 0 Å². The van der Waals surface area contributed by atoms with Gasteiger partial charge < -0.3 is 15.5 Å². The topological polar surface area (TPSA) is 61.4 Å². The number of nitrogens with one attached hydrogen (secondary N) is 2. The molecule has 0 saturated carbocycles. The molecule has 1 aliphatic rings. The van der Waals surface area contributed by atoms with Crippen molar-refractivity contribution in [3.05, 3.63) is 59.9 Å². The summed E-state index contributed by atoms with van der Waals surface area (Å²) in [5.41, 5.74) is 2.39. The summed E-state index contributed by atoms with van der Waals surface area (Å²) < 4.78 is 12.8. The van der Waals surface area contributed by atoms with Crippen LogP contribution in [0.3, 0.4) is 0 Å². The van der Waals surface area contributed by atoms with Crippen molar-refractivity contribution in [3.63, 3.8) is 0 Å². The highest BCUT2D eigenvalue weighted by atomic mass is 19.1. The standard InChI is InChI=1S/C19H20FN3O2/c20-15-8-6-14(7-9-15)10-11-21-19(25)22-16-3-1-4-17(13-16)23-12-2-5-18(23)24/h1,3-4,6-9,13H,2,5,10-12H2,(H2,21,22,25). The van der Waals surface area contributed by atoms with Crippen molar-refractivity contribution in [2.45, 2.75) is 19.3 Å². The van der Waals surface area contributed by atoms with Gasteiger partial charge in [-0.25, -0.2) is 9.18 Å². The maximum atomic E-state index is 12.8. The van der Waals surface area contributed by atoms with Crippen molar-refractivity contribution in [2.24, 2.45) is 0 Å². The Kier molecular flexibility index (Phi) is 5.28. The number of anilines is 2. The molecule has 0 unspecified atom stereocenters. The first kappa shape index (κ1) is 17.0. The van der Waals surface area contributed by atoms with Crippen molar-refractivity contribution in [1.29, 1.82) is 0 Å². The highest BCUT2D eigenvalue weighted by molar-refractivity contribution is 5.96. The third-order valence-corrected chi connectivity index (χ3v) is 4.10. The number of carbonyl (C=O) groups is 2. The zero-order chi connectivity index (χ0) is 17.6. The van der Waals surface area contributed by atoms with E-state index in [-0.39, 0.29) is 17.8 Å². The quantitative estimate of drug-likeness (QED) is 0.876. The molecule has 1 aliphatic heterocycles. The van der Waals surface area contributed by atoms with E-state index < -0.39 is 0 Å². The van der Waals surface area contributed by atoms with Crippen molar-refractivity contribution >= 4 is 23.3 Å². The Balaban J connectivity index is 1.50. The lowest BCUT2D eigenvalue weighted by atomic mass is 10.1. The Labute approximate surface area is 145 Å². The zero-order valence-electron chi connectivity index (χ0n) is 13.8. The van der Waals surface area contributed by atoms with Crippen molar-refractivity contribution < 1.29 is 14.0 Å². The Morgan fingerprint density at radius 1 is 1.16 bits per heavy atom. The van der Waals surface area contributed by atoms with Gasteiger partial charge in [0, 0.05) is 30.9 Å². The molecular weight excluding hydrogens is 321 g/mol. The molecule has 5 nitrogen and oxygen atoms in total. The molecule has 1 fully saturated rings. The van der Waals surface area contributed by atoms with Gasteiger partial charge in [0.2, 0.25) is 5.91 Å². The zero-order valence-corrected chi connectivity index (χ0v) is 13.8. The molecule has 3 rings (SSSR count). The molecule has 6 heteroatoms. The molecule has 0 spiro atoms. The number of hydrogen-bond donors (Lipinski definition) is 2. The fourth-order valence-electron chi connectivity index (χ4n) is 2.82. The lowest BCUT2D eigenvalue weighted by Crippen LogP contribution is -2.30. The molecule has 25 heavy (non-hydrogen) atoms. The number of urea groups is 1. The van der Waals surface area contributed by atoms with Gasteiger partial charge in [0.1, 0.15) is 5.82 Å². The van der Waals surface area contributed by atoms with Crippen LogP contribution in [0.15, 0.2) is 48.5 Å². The summed E-state index contributed by atoms with van der Waals surface area (Å²) in [6.45, 7) is 1.16. The largest absolute Gasteiger partial charge is 0.338 e. The van der Waals surface area contributed by atoms with E-state index in [1.165, 1.54) is 12.1 Å². The number of benzene rings is 2. The summed E-state index contributed by atoms with van der Waals surface area (Å²) in [7, 11) is 0. The molecule has 3 amide bonds. The van der Waals surface area contributed by atoms with Gasteiger partial charge in [-0.15, -0.1) is 0 Å². The molecule has 1 heterocycles. The van der Waals surface area contributed by atoms with Crippen LogP contribution in [0, 0.1) is 5.82 Å². The highest BCUT2D eigenvalue weighted by Crippen LogP contribution is 2.24. The highest BCUT2D eigenvalue weighted by Gasteiger charge is 2.21. The van der Waals surface area contributed by atoms with E-state index in [1.807, 2.05) is 12.1 Å². The molecule has 0 atom stereocenters. The van der Waals surface area contributed by atoms with Crippen molar-refractivity contribution in [3.8, 4) is 0 Å². The first-order chi connectivity index (χ1) is 12.1. The van der Waals surface area contributed by atoms with Gasteiger partial charge in [0.25, 0.3) is 0 Å². The number of rotatable bonds is 5. The van der Waals surface area contributed by atoms with Gasteiger partial charge in [-0.1, -0.05) is 18.2 Å². The van der Waals surface area contributed by atoms with Gasteiger partial charge >= 0.3 is 6.03 Å². The molecule has 130 valence electrons. The first-order valence-corrected chi connectivity index (χ1v) is 8.31. The van der Waals surface area contributed by atoms with Crippen LogP contribution in [0.25, 0.3) is 0 Å². The average Bonchev–Trinajstić information content (AvgIpc) is 3.03. The molecule has 2 aromatic carbocycles. The Bertz CT molecular complexity index is 762. The SMILES string of the molecule is O=C(NCCc1ccc(F)cc1)Nc1cccc(N2CCCC2=O)c1. The van der Waals surface area contributed by atoms with E-state index in [2.05, 4.69) is 10.6 Å². The summed E-state index contributed by atoms with van der Waals surface area (Å²) >= 11 is 0. The van der Waals surface area contributed by atoms with E-state index in [0.717, 1.165) is 17.7 Å². The number of hydrogen-bond acceptors (Lipinski definition) is 2. The number of carbonyl (C=O) groups excluding carboxylic acids is 2. The summed E-state index contributed by atoms with van der Waals surface area (Å²) in [4.78, 5) is 25.5. The number of amides is 3. The fraction of sp³-hybridized carbons (Fsp3) is 0.263. The minimum absolute atomic E-state index is 0.112. The number of halogens is 1. The second kappa shape index (κ2) is 7.79. The van der Waals surface area contributed by atoms with Gasteiger partial charge in [-0.05, 0) is 48.7 Å². The molecule has 0 aliphatic carbocycles. The monoisotopic (exact) mass is 341 g/mol. The first-order valence-electron chi connectivity index (χ1n) is 8.31. The summed E-state index contributed by atoms with van der Waals surface area (Å²) in [6, 6.07) is 13.1. The van der Waals surface area contributed by atoms with E-state index >= 15 is 0 Å². The Morgan fingerprint density at radius 2 is 1.96 bits per heavy atom. The van der Waals surface area contributed by atoms with Crippen LogP contribution in [0.5, 0.6) is 0 Å². The lowest BCUT2D eigenvalue weighted by molar-refractivity contribution is -0.117. The second-order valence-corrected chi connectivity index (χ2v) is 5.96. The maximum Gasteiger partial charge on any atom is 0.319 e. The van der Waals surface area contributed by atoms with Crippen molar-refractivity contribution in [2.75, 3.05) is 23.3 Å². The van der Waals surface area contributed by atoms with Gasteiger partial charge in [0.15, 0.2) is 0 Å². The molecule has 1 saturated heterocycles. The lowest BCUT2D eigenvalue weighted by Gasteiger charge is -2.17. The van der Waals surface area contributed by atoms with Crippen LogP contribution in [-0.2, 0) is 11.2 Å². The third-order valence-electron chi connectivity index (χ3n) is 4.10. The molecule has 0 aromatic heterocycles. The summed E-state index contributed by atoms with van der Waals surface area (Å²) in [5.74, 6) is -0.160. The predicted molar refractivity (Wildman–Crippen MR) is 95.2 cm³/mol. The van der Waals surface area contributed by atoms with Crippen LogP contribution in [0.4, 0.5) is 20.6 Å². The van der Waals surface area contributed by atoms with Crippen LogP contribution >= 0.6 is 0 Å². The van der Waals surface area contributed by atoms with Crippen LogP contribution in [-0.4, -0.2) is 25.0 Å². The minimum atomic E-state index is -0.313. The predicted octanol–water partition coefficient (Wildman–Crippen LogP) is 3.32. The van der Waals surface area contributed by atoms with E-state index in [4.69, 9.17) is 0 Å². The summed E-state index contributed by atoms with van der Waals surface area (Å²) in [6.07, 6.45) is 2.05. The summed E-state index contributed by atoms with van der Waals surface area (Å²) in [5, 5.41) is 5.54. The van der Waals surface area contributed by atoms with Crippen LogP contribution in [0.1, 0.15) is 18.4 Å². The fourth-order valence-corrected chi connectivity index (χ4v) is 2.82. The normalized spacial score (nSPS) is 13.8. The van der Waals surface area contributed by atoms with Gasteiger partial charge in [-0.2, -0.15) is 0 Å². The van der Waals surface area contributed by atoms with Gasteiger partial charge in [-0.3, -0.25) is 4.79 Å². The molecule has 2 N–H and O–H groups in total. The minimum Gasteiger partial charge on any atom is -0.338 e. The molecular formula is C19H20FN3O2. The Hall–Kier alpha value is -2.89. The number of nitrogens with zero attached hydrogens (tertiary/aromatic N) is 1. The van der Waals surface area contributed by atoms with E-state index in [1.54, 1.807) is 29.2 Å². The van der Waals surface area contributed by atoms with E-state index in [9.17, 15) is 14.0 Å². The van der Waals surface area contributed by atoms with Crippen LogP contribution in [0.2, 0.25) is 0 Å². The third kappa shape index (κ3) is 4.56. The van der Waals surface area contributed by atoms with Crippen LogP contribution < -0.4 is 15.5 Å². The smallest absolute Gasteiger partial charge is 0.319 e. The molecule has 0 bridgehead atoms. The maximum absolute atomic E-state index is 12.8. The van der Waals surface area contributed by atoms with Crippen molar-refractivity contribution in [1.82, 2.24) is 5.32 Å². The average molecular weight is 341 g/mol.